The van der Waals surface area contributed by atoms with Crippen LogP contribution >= 0.6 is 0 Å². The third-order valence-corrected chi connectivity index (χ3v) is 5.40. The number of piperidine rings is 1. The second-order valence-electron chi connectivity index (χ2n) is 7.65. The van der Waals surface area contributed by atoms with E-state index in [2.05, 4.69) is 22.1 Å². The van der Waals surface area contributed by atoms with Crippen LogP contribution in [-0.2, 0) is 17.7 Å². The van der Waals surface area contributed by atoms with Crippen LogP contribution in [0.3, 0.4) is 0 Å². The van der Waals surface area contributed by atoms with E-state index in [1.165, 1.54) is 0 Å². The van der Waals surface area contributed by atoms with Crippen molar-refractivity contribution < 1.29 is 9.84 Å². The molecule has 3 aromatic rings. The van der Waals surface area contributed by atoms with Crippen molar-refractivity contribution >= 4 is 28.6 Å². The monoisotopic (exact) mass is 411 g/mol. The molecule has 1 fully saturated rings. The third-order valence-electron chi connectivity index (χ3n) is 5.40. The van der Waals surface area contributed by atoms with Crippen molar-refractivity contribution in [3.05, 3.63) is 29.6 Å². The van der Waals surface area contributed by atoms with Gasteiger partial charge < -0.3 is 20.1 Å². The highest BCUT2D eigenvalue weighted by molar-refractivity contribution is 5.90. The highest BCUT2D eigenvalue weighted by Crippen LogP contribution is 2.29. The van der Waals surface area contributed by atoms with Crippen molar-refractivity contribution in [2.75, 3.05) is 37.0 Å². The lowest BCUT2D eigenvalue weighted by Crippen LogP contribution is -2.37. The Kier molecular flexibility index (Phi) is 6.10. The van der Waals surface area contributed by atoms with Crippen LogP contribution in [0, 0.1) is 6.92 Å². The first-order valence-electron chi connectivity index (χ1n) is 10.5. The number of hydrogen-bond acceptors (Lipinski definition) is 8. The third kappa shape index (κ3) is 4.22. The quantitative estimate of drug-likeness (QED) is 0.611. The maximum atomic E-state index is 9.88. The molecule has 2 N–H and O–H groups in total. The molecule has 0 aromatic carbocycles. The Morgan fingerprint density at radius 1 is 1.27 bits per heavy atom. The van der Waals surface area contributed by atoms with Crippen molar-refractivity contribution in [2.45, 2.75) is 45.8 Å². The molecule has 9 nitrogen and oxygen atoms in total. The molecule has 0 atom stereocenters. The number of hydrogen-bond donors (Lipinski definition) is 2. The van der Waals surface area contributed by atoms with E-state index in [0.717, 1.165) is 60.5 Å². The van der Waals surface area contributed by atoms with E-state index < -0.39 is 0 Å². The minimum absolute atomic E-state index is 0.248. The van der Waals surface area contributed by atoms with Gasteiger partial charge >= 0.3 is 0 Å². The second kappa shape index (κ2) is 8.93. The number of pyridine rings is 1. The summed E-state index contributed by atoms with van der Waals surface area (Å²) in [5, 5.41) is 18.0. The van der Waals surface area contributed by atoms with Crippen LogP contribution < -0.4 is 10.2 Å². The molecule has 0 amide bonds. The van der Waals surface area contributed by atoms with Gasteiger partial charge in [0.05, 0.1) is 24.9 Å². The van der Waals surface area contributed by atoms with Gasteiger partial charge in [0.15, 0.2) is 5.82 Å². The standard InChI is InChI=1S/C21H29N7O2/c1-4-16-18-19(28(26-16)11-12-30-3)20(23-17-13-14(2)5-8-22-17)25-21(24-18)27-9-6-15(29)7-10-27/h5,8,13,15,29H,4,6-7,9-12H2,1-3H3,(H,22,23,24,25). The molecular weight excluding hydrogens is 382 g/mol. The summed E-state index contributed by atoms with van der Waals surface area (Å²) < 4.78 is 7.19. The molecule has 0 aliphatic carbocycles. The normalized spacial score (nSPS) is 15.1. The summed E-state index contributed by atoms with van der Waals surface area (Å²) >= 11 is 0. The highest BCUT2D eigenvalue weighted by Gasteiger charge is 2.24. The van der Waals surface area contributed by atoms with Gasteiger partial charge in [0.2, 0.25) is 5.95 Å². The van der Waals surface area contributed by atoms with E-state index in [1.807, 2.05) is 23.7 Å². The molecule has 0 unspecified atom stereocenters. The number of anilines is 3. The Bertz CT molecular complexity index is 1010. The van der Waals surface area contributed by atoms with Crippen LogP contribution in [0.4, 0.5) is 17.6 Å². The van der Waals surface area contributed by atoms with Crippen LogP contribution in [0.15, 0.2) is 18.3 Å². The minimum atomic E-state index is -0.248. The van der Waals surface area contributed by atoms with Gasteiger partial charge in [-0.1, -0.05) is 6.92 Å². The molecule has 1 saturated heterocycles. The van der Waals surface area contributed by atoms with Crippen molar-refractivity contribution in [3.63, 3.8) is 0 Å². The first kappa shape index (κ1) is 20.5. The van der Waals surface area contributed by atoms with Gasteiger partial charge in [0, 0.05) is 26.4 Å². The lowest BCUT2D eigenvalue weighted by Gasteiger charge is -2.29. The van der Waals surface area contributed by atoms with Crippen LogP contribution in [0.25, 0.3) is 11.0 Å². The summed E-state index contributed by atoms with van der Waals surface area (Å²) in [6.45, 7) is 6.74. The fraction of sp³-hybridized carbons (Fsp3) is 0.524. The Balaban J connectivity index is 1.82. The molecule has 3 aromatic heterocycles. The summed E-state index contributed by atoms with van der Waals surface area (Å²) in [6.07, 6.45) is 3.74. The number of aliphatic hydroxyl groups is 1. The zero-order valence-corrected chi connectivity index (χ0v) is 17.8. The molecule has 0 bridgehead atoms. The molecule has 0 saturated carbocycles. The number of nitrogens with one attached hydrogen (secondary N) is 1. The number of fused-ring (bicyclic) bond motifs is 1. The molecule has 1 aliphatic rings. The van der Waals surface area contributed by atoms with Crippen LogP contribution in [-0.4, -0.2) is 62.7 Å². The van der Waals surface area contributed by atoms with E-state index in [9.17, 15) is 5.11 Å². The van der Waals surface area contributed by atoms with Gasteiger partial charge in [-0.25, -0.2) is 9.97 Å². The Morgan fingerprint density at radius 2 is 2.07 bits per heavy atom. The first-order chi connectivity index (χ1) is 14.6. The predicted molar refractivity (Wildman–Crippen MR) is 116 cm³/mol. The van der Waals surface area contributed by atoms with E-state index in [1.54, 1.807) is 13.3 Å². The van der Waals surface area contributed by atoms with Gasteiger partial charge in [-0.05, 0) is 43.9 Å². The van der Waals surface area contributed by atoms with Crippen LogP contribution in [0.2, 0.25) is 0 Å². The predicted octanol–water partition coefficient (Wildman–Crippen LogP) is 2.44. The van der Waals surface area contributed by atoms with E-state index >= 15 is 0 Å². The minimum Gasteiger partial charge on any atom is -0.393 e. The largest absolute Gasteiger partial charge is 0.393 e. The fourth-order valence-electron chi connectivity index (χ4n) is 3.73. The first-order valence-corrected chi connectivity index (χ1v) is 10.5. The van der Waals surface area contributed by atoms with E-state index in [0.29, 0.717) is 24.9 Å². The lowest BCUT2D eigenvalue weighted by atomic mass is 10.1. The summed E-state index contributed by atoms with van der Waals surface area (Å²) in [5.41, 5.74) is 3.75. The number of aliphatic hydroxyl groups excluding tert-OH is 1. The zero-order valence-electron chi connectivity index (χ0n) is 17.8. The van der Waals surface area contributed by atoms with Gasteiger partial charge in [-0.15, -0.1) is 0 Å². The van der Waals surface area contributed by atoms with Crippen molar-refractivity contribution in [1.82, 2.24) is 24.7 Å². The molecule has 30 heavy (non-hydrogen) atoms. The van der Waals surface area contributed by atoms with Crippen LogP contribution in [0.1, 0.15) is 31.0 Å². The average molecular weight is 412 g/mol. The number of aryl methyl sites for hydroxylation is 2. The van der Waals surface area contributed by atoms with Gasteiger partial charge in [0.1, 0.15) is 16.9 Å². The average Bonchev–Trinajstić information content (AvgIpc) is 3.11. The van der Waals surface area contributed by atoms with Gasteiger partial charge in [0.25, 0.3) is 0 Å². The summed E-state index contributed by atoms with van der Waals surface area (Å²) in [5.74, 6) is 2.07. The molecule has 1 aliphatic heterocycles. The maximum Gasteiger partial charge on any atom is 0.228 e. The topological polar surface area (TPSA) is 101 Å². The summed E-state index contributed by atoms with van der Waals surface area (Å²) in [4.78, 5) is 16.3. The molecule has 4 rings (SSSR count). The smallest absolute Gasteiger partial charge is 0.228 e. The second-order valence-corrected chi connectivity index (χ2v) is 7.65. The van der Waals surface area contributed by atoms with E-state index in [4.69, 9.17) is 19.8 Å². The van der Waals surface area contributed by atoms with E-state index in [-0.39, 0.29) is 6.10 Å². The molecule has 0 spiro atoms. The zero-order chi connectivity index (χ0) is 21.1. The molecule has 9 heteroatoms. The molecule has 0 radical (unpaired) electrons. The number of rotatable bonds is 7. The van der Waals surface area contributed by atoms with Gasteiger partial charge in [-0.2, -0.15) is 10.1 Å². The number of nitrogens with zero attached hydrogens (tertiary/aromatic N) is 6. The summed E-state index contributed by atoms with van der Waals surface area (Å²) in [6, 6.07) is 3.95. The molecular formula is C21H29N7O2. The van der Waals surface area contributed by atoms with Crippen molar-refractivity contribution in [1.29, 1.82) is 0 Å². The fourth-order valence-corrected chi connectivity index (χ4v) is 3.73. The van der Waals surface area contributed by atoms with Crippen molar-refractivity contribution in [2.24, 2.45) is 0 Å². The Labute approximate surface area is 176 Å². The SMILES string of the molecule is CCc1nn(CCOC)c2c(Nc3cc(C)ccn3)nc(N3CCC(O)CC3)nc12. The number of methoxy groups -OCH3 is 1. The number of ether oxygens (including phenoxy) is 1. The van der Waals surface area contributed by atoms with Gasteiger partial charge in [-0.3, -0.25) is 4.68 Å². The van der Waals surface area contributed by atoms with Crippen molar-refractivity contribution in [3.8, 4) is 0 Å². The Morgan fingerprint density at radius 3 is 2.77 bits per heavy atom. The lowest BCUT2D eigenvalue weighted by molar-refractivity contribution is 0.145. The highest BCUT2D eigenvalue weighted by atomic mass is 16.5. The summed E-state index contributed by atoms with van der Waals surface area (Å²) in [7, 11) is 1.68. The van der Waals surface area contributed by atoms with Crippen LogP contribution in [0.5, 0.6) is 0 Å². The maximum absolute atomic E-state index is 9.88. The molecule has 160 valence electrons. The molecule has 4 heterocycles. The Hall–Kier alpha value is -2.78. The number of aromatic nitrogens is 5.